The number of allylic oxidation sites excluding steroid dienone is 4. The second-order valence-electron chi connectivity index (χ2n) is 12.1. The van der Waals surface area contributed by atoms with Crippen LogP contribution in [0, 0.1) is 30.1 Å². The van der Waals surface area contributed by atoms with Crippen molar-refractivity contribution in [2.24, 2.45) is 23.2 Å². The first-order chi connectivity index (χ1) is 17.1. The van der Waals surface area contributed by atoms with Gasteiger partial charge < -0.3 is 19.7 Å². The van der Waals surface area contributed by atoms with Crippen LogP contribution in [0.4, 0.5) is 0 Å². The van der Waals surface area contributed by atoms with E-state index >= 15 is 0 Å². The Kier molecular flexibility index (Phi) is 6.90. The molecule has 1 aromatic heterocycles. The van der Waals surface area contributed by atoms with Gasteiger partial charge in [-0.05, 0) is 85.7 Å². The van der Waals surface area contributed by atoms with Gasteiger partial charge in [-0.25, -0.2) is 0 Å². The van der Waals surface area contributed by atoms with Gasteiger partial charge in [0.1, 0.15) is 0 Å². The Bertz CT molecular complexity index is 1080. The lowest BCUT2D eigenvalue weighted by Crippen LogP contribution is -2.35. The molecule has 0 unspecified atom stereocenters. The zero-order valence-electron chi connectivity index (χ0n) is 22.0. The van der Waals surface area contributed by atoms with Crippen LogP contribution in [0.2, 0.25) is 0 Å². The van der Waals surface area contributed by atoms with Crippen LogP contribution in [-0.2, 0) is 5.41 Å². The molecule has 4 saturated carbocycles. The summed E-state index contributed by atoms with van der Waals surface area (Å²) < 4.78 is 5.66. The van der Waals surface area contributed by atoms with E-state index in [0.717, 1.165) is 30.4 Å². The van der Waals surface area contributed by atoms with Crippen molar-refractivity contribution in [3.05, 3.63) is 59.4 Å². The molecule has 0 radical (unpaired) electrons. The highest BCUT2D eigenvalue weighted by molar-refractivity contribution is 5.38. The number of hydrogen-bond acceptors (Lipinski definition) is 6. The smallest absolute Gasteiger partial charge is 0.225 e. The molecule has 0 spiro atoms. The van der Waals surface area contributed by atoms with Gasteiger partial charge in [-0.2, -0.15) is 0 Å². The summed E-state index contributed by atoms with van der Waals surface area (Å²) in [5, 5.41) is 39.5. The van der Waals surface area contributed by atoms with Gasteiger partial charge in [0.15, 0.2) is 0 Å². The monoisotopic (exact) mass is 494 g/mol. The third-order valence-electron chi connectivity index (χ3n) is 9.84. The molecule has 0 saturated heterocycles. The largest absolute Gasteiger partial charge is 0.425 e. The predicted octanol–water partition coefficient (Wildman–Crippen LogP) is 5.10. The first kappa shape index (κ1) is 25.6. The minimum Gasteiger partial charge on any atom is -0.425 e. The van der Waals surface area contributed by atoms with Crippen LogP contribution in [0.15, 0.2) is 52.0 Å². The highest BCUT2D eigenvalue weighted by Gasteiger charge is 2.54. The Morgan fingerprint density at radius 1 is 1.11 bits per heavy atom. The molecule has 0 bridgehead atoms. The van der Waals surface area contributed by atoms with E-state index in [2.05, 4.69) is 48.9 Å². The van der Waals surface area contributed by atoms with Gasteiger partial charge in [-0.15, -0.1) is 10.2 Å². The molecule has 0 amide bonds. The van der Waals surface area contributed by atoms with E-state index in [1.807, 2.05) is 6.08 Å². The van der Waals surface area contributed by atoms with Gasteiger partial charge in [-0.3, -0.25) is 0 Å². The molecule has 3 N–H and O–H groups in total. The molecule has 4 aliphatic carbocycles. The lowest BCUT2D eigenvalue weighted by molar-refractivity contribution is 0.0862. The molecule has 5 rings (SSSR count). The molecule has 7 atom stereocenters. The number of aliphatic hydroxyl groups excluding tert-OH is 3. The van der Waals surface area contributed by atoms with Gasteiger partial charge in [-0.1, -0.05) is 50.3 Å². The lowest BCUT2D eigenvalue weighted by atomic mass is 9.61. The third kappa shape index (κ3) is 4.57. The first-order valence-electron chi connectivity index (χ1n) is 13.8. The zero-order chi connectivity index (χ0) is 25.7. The Labute approximate surface area is 214 Å². The number of rotatable bonds is 6. The first-order valence-corrected chi connectivity index (χ1v) is 13.8. The van der Waals surface area contributed by atoms with Crippen molar-refractivity contribution >= 4 is 0 Å². The summed E-state index contributed by atoms with van der Waals surface area (Å²) in [6.07, 6.45) is 15.4. The Hall–Kier alpha value is -2.02. The normalized spacial score (nSPS) is 38.0. The average Bonchev–Trinajstić information content (AvgIpc) is 3.41. The quantitative estimate of drug-likeness (QED) is 0.476. The van der Waals surface area contributed by atoms with Crippen LogP contribution in [0.1, 0.15) is 83.4 Å². The second-order valence-corrected chi connectivity index (χ2v) is 12.1. The predicted molar refractivity (Wildman–Crippen MR) is 139 cm³/mol. The van der Waals surface area contributed by atoms with Crippen LogP contribution >= 0.6 is 0 Å². The van der Waals surface area contributed by atoms with Crippen molar-refractivity contribution in [3.8, 4) is 0 Å². The number of aliphatic hydroxyl groups is 3. The minimum atomic E-state index is -0.646. The summed E-state index contributed by atoms with van der Waals surface area (Å²) in [7, 11) is 0. The molecular formula is C30H42N2O4. The molecule has 1 heterocycles. The van der Waals surface area contributed by atoms with E-state index in [-0.39, 0.29) is 5.41 Å². The van der Waals surface area contributed by atoms with E-state index in [1.165, 1.54) is 31.3 Å². The molecule has 4 fully saturated rings. The molecule has 4 aliphatic rings. The maximum absolute atomic E-state index is 11.0. The van der Waals surface area contributed by atoms with Crippen LogP contribution in [-0.4, -0.2) is 43.8 Å². The van der Waals surface area contributed by atoms with Crippen LogP contribution < -0.4 is 0 Å². The van der Waals surface area contributed by atoms with Gasteiger partial charge in [0, 0.05) is 13.3 Å². The summed E-state index contributed by atoms with van der Waals surface area (Å²) in [6, 6.07) is 0. The summed E-state index contributed by atoms with van der Waals surface area (Å²) in [6.45, 7) is 10.6. The highest BCUT2D eigenvalue weighted by atomic mass is 16.4. The number of nitrogens with zero attached hydrogens (tertiary/aromatic N) is 2. The summed E-state index contributed by atoms with van der Waals surface area (Å²) in [5.74, 6) is 2.60. The zero-order valence-corrected chi connectivity index (χ0v) is 22.0. The maximum Gasteiger partial charge on any atom is 0.225 e. The van der Waals surface area contributed by atoms with E-state index in [0.29, 0.717) is 42.4 Å². The number of fused-ring (bicyclic) bond motifs is 1. The van der Waals surface area contributed by atoms with Crippen molar-refractivity contribution in [3.63, 3.8) is 0 Å². The fourth-order valence-corrected chi connectivity index (χ4v) is 7.48. The number of aromatic nitrogens is 2. The topological polar surface area (TPSA) is 99.6 Å². The Balaban J connectivity index is 1.29. The number of hydrogen-bond donors (Lipinski definition) is 3. The van der Waals surface area contributed by atoms with E-state index in [4.69, 9.17) is 4.42 Å². The Morgan fingerprint density at radius 3 is 2.58 bits per heavy atom. The van der Waals surface area contributed by atoms with Crippen molar-refractivity contribution in [2.45, 2.75) is 102 Å². The van der Waals surface area contributed by atoms with Crippen LogP contribution in [0.25, 0.3) is 0 Å². The molecule has 0 aliphatic heterocycles. The third-order valence-corrected chi connectivity index (χ3v) is 9.84. The molecule has 6 heteroatoms. The SMILES string of the molecule is C=C1C(=CC=C2CCC[C@]3(C)[C@@H]([C@H](C)C=C[C@H](O)C4(c5nnc(C)o5)CC4)CC[C@@H]23)C[C@@H](O)C[C@@H]1O. The maximum atomic E-state index is 11.0. The van der Waals surface area contributed by atoms with Gasteiger partial charge in [0.25, 0.3) is 0 Å². The molecule has 196 valence electrons. The van der Waals surface area contributed by atoms with Crippen LogP contribution in [0.3, 0.4) is 0 Å². The van der Waals surface area contributed by atoms with Crippen molar-refractivity contribution in [1.29, 1.82) is 0 Å². The van der Waals surface area contributed by atoms with E-state index < -0.39 is 23.7 Å². The van der Waals surface area contributed by atoms with Crippen molar-refractivity contribution in [2.75, 3.05) is 0 Å². The molecule has 36 heavy (non-hydrogen) atoms. The molecule has 6 nitrogen and oxygen atoms in total. The number of aryl methyl sites for hydroxylation is 1. The summed E-state index contributed by atoms with van der Waals surface area (Å²) in [5.41, 5.74) is 3.06. The van der Waals surface area contributed by atoms with Crippen molar-refractivity contribution in [1.82, 2.24) is 10.2 Å². The summed E-state index contributed by atoms with van der Waals surface area (Å²) >= 11 is 0. The van der Waals surface area contributed by atoms with Crippen LogP contribution in [0.5, 0.6) is 0 Å². The Morgan fingerprint density at radius 2 is 1.89 bits per heavy atom. The standard InChI is InChI=1S/C30H42N2O4/c1-18(7-12-27(35)30(14-15-30)28-32-31-20(3)36-28)24-10-11-25-21(6-5-13-29(24,25)4)8-9-22-16-23(33)17-26(34)19(22)2/h7-9,12,18,23-27,33-35H,2,5-6,10-11,13-17H2,1,3-4H3/t18-,23-,24-,25+,26+,27+,29-/m1/s1. The fourth-order valence-electron chi connectivity index (χ4n) is 7.48. The second kappa shape index (κ2) is 9.70. The average molecular weight is 495 g/mol. The van der Waals surface area contributed by atoms with E-state index in [9.17, 15) is 15.3 Å². The molecule has 0 aromatic carbocycles. The minimum absolute atomic E-state index is 0.237. The summed E-state index contributed by atoms with van der Waals surface area (Å²) in [4.78, 5) is 0. The highest BCUT2D eigenvalue weighted by Crippen LogP contribution is 2.59. The van der Waals surface area contributed by atoms with Gasteiger partial charge >= 0.3 is 0 Å². The van der Waals surface area contributed by atoms with Crippen molar-refractivity contribution < 1.29 is 19.7 Å². The lowest BCUT2D eigenvalue weighted by Gasteiger charge is -2.44. The van der Waals surface area contributed by atoms with Gasteiger partial charge in [0.05, 0.1) is 23.7 Å². The molecule has 1 aromatic rings. The van der Waals surface area contributed by atoms with Gasteiger partial charge in [0.2, 0.25) is 11.8 Å². The van der Waals surface area contributed by atoms with E-state index in [1.54, 1.807) is 6.92 Å². The molecular weight excluding hydrogens is 452 g/mol. The fraction of sp³-hybridized carbons (Fsp3) is 0.667.